The van der Waals surface area contributed by atoms with Gasteiger partial charge in [-0.25, -0.2) is 8.42 Å². The predicted octanol–water partition coefficient (Wildman–Crippen LogP) is 1.66. The Labute approximate surface area is 147 Å². The Kier molecular flexibility index (Phi) is 4.16. The summed E-state index contributed by atoms with van der Waals surface area (Å²) in [6.45, 7) is 0. The first-order valence-electron chi connectivity index (χ1n) is 8.86. The van der Waals surface area contributed by atoms with Crippen molar-refractivity contribution in [2.75, 3.05) is 0 Å². The Morgan fingerprint density at radius 3 is 2.00 bits per heavy atom. The minimum absolute atomic E-state index is 0.00703. The molecule has 1 aromatic rings. The fourth-order valence-electron chi connectivity index (χ4n) is 4.63. The smallest absolute Gasteiger partial charge is 0.229 e. The minimum Gasteiger partial charge on any atom is -0.279 e. The highest BCUT2D eigenvalue weighted by Gasteiger charge is 2.50. The van der Waals surface area contributed by atoms with E-state index in [9.17, 15) is 18.0 Å². The number of rotatable bonds is 4. The van der Waals surface area contributed by atoms with Gasteiger partial charge in [0.25, 0.3) is 0 Å². The lowest BCUT2D eigenvalue weighted by Gasteiger charge is -2.40. The Morgan fingerprint density at radius 1 is 0.880 bits per heavy atom. The number of hydrogen-bond acceptors (Lipinski definition) is 4. The molecular formula is C18H22N2O4S. The number of imide groups is 1. The molecule has 2 amide bonds. The number of likely N-dealkylation sites (tertiary alicyclic amines) is 1. The highest BCUT2D eigenvalue weighted by atomic mass is 32.2. The van der Waals surface area contributed by atoms with Crippen LogP contribution in [0.2, 0.25) is 0 Å². The maximum Gasteiger partial charge on any atom is 0.229 e. The zero-order valence-electron chi connectivity index (χ0n) is 14.0. The molecule has 134 valence electrons. The van der Waals surface area contributed by atoms with E-state index in [-0.39, 0.29) is 35.7 Å². The van der Waals surface area contributed by atoms with Crippen molar-refractivity contribution in [2.45, 2.75) is 62.4 Å². The summed E-state index contributed by atoms with van der Waals surface area (Å²) in [5, 5.41) is 0. The molecule has 0 N–H and O–H groups in total. The molecule has 0 radical (unpaired) electrons. The number of sulfonamides is 1. The van der Waals surface area contributed by atoms with Gasteiger partial charge in [-0.2, -0.15) is 4.31 Å². The number of hydrogen-bond donors (Lipinski definition) is 0. The van der Waals surface area contributed by atoms with Crippen molar-refractivity contribution < 1.29 is 18.0 Å². The standard InChI is InChI=1S/C18H22N2O4S/c21-17-8-9-18(22)19(17)16-10-14-6-7-15(11-16)20(14)25(23,24)12-13-4-2-1-3-5-13/h1-5,14-16H,6-12H2. The van der Waals surface area contributed by atoms with Gasteiger partial charge in [-0.05, 0) is 31.2 Å². The third-order valence-corrected chi connectivity index (χ3v) is 7.55. The van der Waals surface area contributed by atoms with Gasteiger partial charge in [0.15, 0.2) is 0 Å². The molecule has 4 rings (SSSR count). The molecule has 3 aliphatic rings. The molecule has 0 aromatic heterocycles. The first-order chi connectivity index (χ1) is 12.0. The lowest BCUT2D eigenvalue weighted by molar-refractivity contribution is -0.142. The highest BCUT2D eigenvalue weighted by Crippen LogP contribution is 2.41. The zero-order chi connectivity index (χ0) is 17.6. The topological polar surface area (TPSA) is 74.8 Å². The molecular weight excluding hydrogens is 340 g/mol. The van der Waals surface area contributed by atoms with Crippen LogP contribution in [-0.4, -0.2) is 47.6 Å². The van der Waals surface area contributed by atoms with Crippen LogP contribution in [0.1, 0.15) is 44.1 Å². The van der Waals surface area contributed by atoms with Crippen molar-refractivity contribution in [1.29, 1.82) is 0 Å². The maximum absolute atomic E-state index is 13.0. The molecule has 2 atom stereocenters. The van der Waals surface area contributed by atoms with Gasteiger partial charge in [-0.3, -0.25) is 14.5 Å². The summed E-state index contributed by atoms with van der Waals surface area (Å²) in [4.78, 5) is 25.4. The van der Waals surface area contributed by atoms with Gasteiger partial charge >= 0.3 is 0 Å². The summed E-state index contributed by atoms with van der Waals surface area (Å²) in [7, 11) is -3.40. The fraction of sp³-hybridized carbons (Fsp3) is 0.556. The highest BCUT2D eigenvalue weighted by molar-refractivity contribution is 7.88. The maximum atomic E-state index is 13.0. The Bertz CT molecular complexity index is 763. The number of nitrogens with zero attached hydrogens (tertiary/aromatic N) is 2. The molecule has 3 aliphatic heterocycles. The van der Waals surface area contributed by atoms with Crippen LogP contribution in [-0.2, 0) is 25.4 Å². The molecule has 1 aromatic carbocycles. The van der Waals surface area contributed by atoms with Crippen LogP contribution in [0.3, 0.4) is 0 Å². The van der Waals surface area contributed by atoms with Crippen molar-refractivity contribution in [3.63, 3.8) is 0 Å². The molecule has 3 fully saturated rings. The van der Waals surface area contributed by atoms with E-state index in [0.29, 0.717) is 25.7 Å². The largest absolute Gasteiger partial charge is 0.279 e. The number of fused-ring (bicyclic) bond motifs is 2. The van der Waals surface area contributed by atoms with Crippen LogP contribution < -0.4 is 0 Å². The third kappa shape index (κ3) is 3.00. The number of carbonyl (C=O) groups excluding carboxylic acids is 2. The second-order valence-corrected chi connectivity index (χ2v) is 9.11. The number of piperidine rings is 1. The molecule has 3 saturated heterocycles. The van der Waals surface area contributed by atoms with Gasteiger partial charge in [0, 0.05) is 31.0 Å². The first-order valence-corrected chi connectivity index (χ1v) is 10.5. The second kappa shape index (κ2) is 6.21. The Morgan fingerprint density at radius 2 is 1.44 bits per heavy atom. The molecule has 7 heteroatoms. The molecule has 6 nitrogen and oxygen atoms in total. The zero-order valence-corrected chi connectivity index (χ0v) is 14.8. The Balaban J connectivity index is 1.52. The van der Waals surface area contributed by atoms with Gasteiger partial charge in [0.2, 0.25) is 21.8 Å². The van der Waals surface area contributed by atoms with Crippen molar-refractivity contribution >= 4 is 21.8 Å². The number of benzene rings is 1. The van der Waals surface area contributed by atoms with Gasteiger partial charge in [0.1, 0.15) is 0 Å². The number of amides is 2. The normalized spacial score (nSPS) is 30.2. The molecule has 0 spiro atoms. The van der Waals surface area contributed by atoms with E-state index < -0.39 is 10.0 Å². The van der Waals surface area contributed by atoms with E-state index in [1.54, 1.807) is 4.31 Å². The molecule has 0 aliphatic carbocycles. The molecule has 2 unspecified atom stereocenters. The average molecular weight is 362 g/mol. The summed E-state index contributed by atoms with van der Waals surface area (Å²) in [5.41, 5.74) is 0.786. The number of carbonyl (C=O) groups is 2. The van der Waals surface area contributed by atoms with E-state index in [1.807, 2.05) is 30.3 Å². The monoisotopic (exact) mass is 362 g/mol. The summed E-state index contributed by atoms with van der Waals surface area (Å²) in [5.74, 6) is -0.197. The SMILES string of the molecule is O=C1CCC(=O)N1C1CC2CCC(C1)N2S(=O)(=O)Cc1ccccc1. The van der Waals surface area contributed by atoms with Crippen LogP contribution in [0.25, 0.3) is 0 Å². The average Bonchev–Trinajstić information content (AvgIpc) is 3.05. The quantitative estimate of drug-likeness (QED) is 0.764. The molecule has 2 bridgehead atoms. The van der Waals surface area contributed by atoms with Crippen molar-refractivity contribution in [3.8, 4) is 0 Å². The molecule has 25 heavy (non-hydrogen) atoms. The van der Waals surface area contributed by atoms with Crippen LogP contribution in [0.15, 0.2) is 30.3 Å². The van der Waals surface area contributed by atoms with Gasteiger partial charge in [-0.15, -0.1) is 0 Å². The minimum atomic E-state index is -3.40. The molecule has 0 saturated carbocycles. The van der Waals surface area contributed by atoms with E-state index >= 15 is 0 Å². The van der Waals surface area contributed by atoms with Crippen LogP contribution >= 0.6 is 0 Å². The van der Waals surface area contributed by atoms with Crippen LogP contribution in [0, 0.1) is 0 Å². The summed E-state index contributed by atoms with van der Waals surface area (Å²) in [6, 6.07) is 8.88. The van der Waals surface area contributed by atoms with E-state index in [4.69, 9.17) is 0 Å². The summed E-state index contributed by atoms with van der Waals surface area (Å²) >= 11 is 0. The second-order valence-electron chi connectivity index (χ2n) is 7.24. The first kappa shape index (κ1) is 16.7. The van der Waals surface area contributed by atoms with Gasteiger partial charge in [-0.1, -0.05) is 30.3 Å². The molecule has 3 heterocycles. The van der Waals surface area contributed by atoms with Crippen LogP contribution in [0.5, 0.6) is 0 Å². The summed E-state index contributed by atoms with van der Waals surface area (Å²) < 4.78 is 27.6. The van der Waals surface area contributed by atoms with E-state index in [1.165, 1.54) is 4.90 Å². The lowest BCUT2D eigenvalue weighted by Crippen LogP contribution is -2.53. The lowest BCUT2D eigenvalue weighted by atomic mass is 9.98. The summed E-state index contributed by atoms with van der Waals surface area (Å²) in [6.07, 6.45) is 3.35. The van der Waals surface area contributed by atoms with Gasteiger partial charge < -0.3 is 0 Å². The van der Waals surface area contributed by atoms with E-state index in [2.05, 4.69) is 0 Å². The van der Waals surface area contributed by atoms with Crippen molar-refractivity contribution in [2.24, 2.45) is 0 Å². The Hall–Kier alpha value is -1.73. The van der Waals surface area contributed by atoms with Crippen molar-refractivity contribution in [3.05, 3.63) is 35.9 Å². The fourth-order valence-corrected chi connectivity index (χ4v) is 6.69. The van der Waals surface area contributed by atoms with Gasteiger partial charge in [0.05, 0.1) is 5.75 Å². The third-order valence-electron chi connectivity index (χ3n) is 5.61. The van der Waals surface area contributed by atoms with E-state index in [0.717, 1.165) is 18.4 Å². The van der Waals surface area contributed by atoms with Crippen LogP contribution in [0.4, 0.5) is 0 Å². The predicted molar refractivity (Wildman–Crippen MR) is 91.8 cm³/mol. The van der Waals surface area contributed by atoms with Crippen molar-refractivity contribution in [1.82, 2.24) is 9.21 Å².